The Kier molecular flexibility index (Phi) is 5.87. The van der Waals surface area contributed by atoms with Crippen LogP contribution in [0.3, 0.4) is 0 Å². The molecule has 2 atom stereocenters. The Labute approximate surface area is 237 Å². The largest absolute Gasteiger partial charge is 0.461 e. The van der Waals surface area contributed by atoms with Crippen molar-refractivity contribution >= 4 is 39.1 Å². The number of aromatic nitrogens is 3. The summed E-state index contributed by atoms with van der Waals surface area (Å²) in [5, 5.41) is 6.57. The summed E-state index contributed by atoms with van der Waals surface area (Å²) in [6.45, 7) is 4.40. The number of hydrogen-bond donors (Lipinski definition) is 1. The number of benzene rings is 2. The number of anilines is 1. The SMILES string of the molecule is Fc1c(-c2c(Cl)ccc3ccccc23)ncc2c(N3CC4CCC(C3)N4)nc(OCC34CCCN3CCC4)nc12. The molecule has 4 aromatic rings. The number of piperazine rings is 1. The number of hydrogen-bond acceptors (Lipinski definition) is 7. The van der Waals surface area contributed by atoms with Gasteiger partial charge >= 0.3 is 6.01 Å². The number of rotatable bonds is 5. The van der Waals surface area contributed by atoms with E-state index in [0.29, 0.717) is 40.5 Å². The van der Waals surface area contributed by atoms with Crippen LogP contribution >= 0.6 is 11.6 Å². The lowest BCUT2D eigenvalue weighted by Crippen LogP contribution is -2.51. The van der Waals surface area contributed by atoms with E-state index in [-0.39, 0.29) is 22.8 Å². The molecule has 2 bridgehead atoms. The van der Waals surface area contributed by atoms with Gasteiger partial charge in [0.05, 0.1) is 15.9 Å². The van der Waals surface area contributed by atoms with Gasteiger partial charge < -0.3 is 15.0 Å². The fourth-order valence-corrected chi connectivity index (χ4v) is 7.87. The topological polar surface area (TPSA) is 66.4 Å². The summed E-state index contributed by atoms with van der Waals surface area (Å²) in [5.41, 5.74) is 1.05. The molecule has 9 heteroatoms. The molecule has 4 aliphatic heterocycles. The van der Waals surface area contributed by atoms with E-state index in [1.807, 2.05) is 30.3 Å². The zero-order valence-electron chi connectivity index (χ0n) is 22.4. The molecule has 6 heterocycles. The van der Waals surface area contributed by atoms with Crippen LogP contribution in [-0.2, 0) is 0 Å². The van der Waals surface area contributed by atoms with Crippen LogP contribution < -0.4 is 15.0 Å². The van der Waals surface area contributed by atoms with Gasteiger partial charge in [-0.25, -0.2) is 4.39 Å². The monoisotopic (exact) mass is 558 g/mol. The van der Waals surface area contributed by atoms with Gasteiger partial charge in [0.1, 0.15) is 23.6 Å². The highest BCUT2D eigenvalue weighted by Gasteiger charge is 2.45. The third kappa shape index (κ3) is 3.95. The lowest BCUT2D eigenvalue weighted by atomic mass is 9.95. The molecule has 0 amide bonds. The predicted molar refractivity (Wildman–Crippen MR) is 156 cm³/mol. The van der Waals surface area contributed by atoms with E-state index in [9.17, 15) is 0 Å². The molecule has 0 radical (unpaired) electrons. The van der Waals surface area contributed by atoms with Crippen molar-refractivity contribution in [3.05, 3.63) is 53.4 Å². The van der Waals surface area contributed by atoms with Crippen molar-refractivity contribution in [2.24, 2.45) is 0 Å². The van der Waals surface area contributed by atoms with E-state index in [1.165, 1.54) is 12.8 Å². The molecule has 40 heavy (non-hydrogen) atoms. The van der Waals surface area contributed by atoms with Crippen LogP contribution in [0, 0.1) is 5.82 Å². The lowest BCUT2D eigenvalue weighted by Gasteiger charge is -2.34. The predicted octanol–water partition coefficient (Wildman–Crippen LogP) is 5.59. The van der Waals surface area contributed by atoms with Gasteiger partial charge in [0, 0.05) is 36.9 Å². The van der Waals surface area contributed by atoms with Crippen LogP contribution in [0.2, 0.25) is 5.02 Å². The summed E-state index contributed by atoms with van der Waals surface area (Å²) in [6, 6.07) is 12.6. The standard InChI is InChI=1S/C31H32ClFN6O/c32-24-10-7-19-5-1-2-6-22(19)25(24)28-26(33)27-23(15-34-28)29(38-16-20-8-9-21(17-38)35-20)37-30(36-27)40-18-31-11-3-13-39(31)14-4-12-31/h1-2,5-7,10,15,20-21,35H,3-4,8-9,11-14,16-18H2. The Bertz CT molecular complexity index is 1610. The molecule has 0 spiro atoms. The summed E-state index contributed by atoms with van der Waals surface area (Å²) in [4.78, 5) is 19.1. The number of ether oxygens (including phenoxy) is 1. The number of fused-ring (bicyclic) bond motifs is 5. The van der Waals surface area contributed by atoms with Gasteiger partial charge in [-0.15, -0.1) is 0 Å². The third-order valence-corrected chi connectivity index (χ3v) is 9.87. The first-order valence-electron chi connectivity index (χ1n) is 14.5. The van der Waals surface area contributed by atoms with Crippen LogP contribution in [0.4, 0.5) is 10.2 Å². The zero-order chi connectivity index (χ0) is 26.8. The first kappa shape index (κ1) is 24.7. The second kappa shape index (κ2) is 9.50. The second-order valence-corrected chi connectivity index (χ2v) is 12.3. The van der Waals surface area contributed by atoms with Crippen LogP contribution in [0.5, 0.6) is 6.01 Å². The van der Waals surface area contributed by atoms with Crippen LogP contribution in [0.15, 0.2) is 42.6 Å². The molecular weight excluding hydrogens is 527 g/mol. The maximum Gasteiger partial charge on any atom is 0.319 e. The smallest absolute Gasteiger partial charge is 0.319 e. The maximum atomic E-state index is 16.6. The molecule has 4 saturated heterocycles. The van der Waals surface area contributed by atoms with Gasteiger partial charge in [-0.1, -0.05) is 41.9 Å². The molecule has 8 rings (SSSR count). The van der Waals surface area contributed by atoms with E-state index in [0.717, 1.165) is 62.6 Å². The summed E-state index contributed by atoms with van der Waals surface area (Å²) in [6.07, 6.45) is 8.61. The number of nitrogens with one attached hydrogen (secondary N) is 1. The Morgan fingerprint density at radius 3 is 2.58 bits per heavy atom. The molecular formula is C31H32ClFN6O. The van der Waals surface area contributed by atoms with Gasteiger partial charge in [-0.2, -0.15) is 9.97 Å². The average molecular weight is 559 g/mol. The van der Waals surface area contributed by atoms with Crippen molar-refractivity contribution in [3.63, 3.8) is 0 Å². The Hall–Kier alpha value is -3.07. The molecule has 206 valence electrons. The minimum absolute atomic E-state index is 0.0467. The van der Waals surface area contributed by atoms with Crippen molar-refractivity contribution in [2.45, 2.75) is 56.1 Å². The average Bonchev–Trinajstić information content (AvgIpc) is 3.66. The molecule has 1 N–H and O–H groups in total. The van der Waals surface area contributed by atoms with Gasteiger partial charge in [-0.3, -0.25) is 9.88 Å². The van der Waals surface area contributed by atoms with Crippen LogP contribution in [0.25, 0.3) is 32.9 Å². The second-order valence-electron chi connectivity index (χ2n) is 11.9. The van der Waals surface area contributed by atoms with Crippen LogP contribution in [0.1, 0.15) is 38.5 Å². The Morgan fingerprint density at radius 1 is 1.00 bits per heavy atom. The molecule has 2 unspecified atom stereocenters. The summed E-state index contributed by atoms with van der Waals surface area (Å²) < 4.78 is 23.0. The van der Waals surface area contributed by atoms with Crippen molar-refractivity contribution in [3.8, 4) is 17.3 Å². The Balaban J connectivity index is 1.26. The minimum atomic E-state index is -0.496. The summed E-state index contributed by atoms with van der Waals surface area (Å²) >= 11 is 6.67. The summed E-state index contributed by atoms with van der Waals surface area (Å²) in [5.74, 6) is 0.205. The van der Waals surface area contributed by atoms with Gasteiger partial charge in [-0.05, 0) is 68.5 Å². The first-order valence-corrected chi connectivity index (χ1v) is 14.9. The van der Waals surface area contributed by atoms with Gasteiger partial charge in [0.25, 0.3) is 0 Å². The number of halogens is 2. The molecule has 0 aliphatic carbocycles. The van der Waals surface area contributed by atoms with E-state index in [1.54, 1.807) is 12.3 Å². The number of nitrogens with zero attached hydrogens (tertiary/aromatic N) is 5. The fourth-order valence-electron chi connectivity index (χ4n) is 7.62. The van der Waals surface area contributed by atoms with Gasteiger partial charge in [0.15, 0.2) is 5.82 Å². The van der Waals surface area contributed by atoms with E-state index >= 15 is 4.39 Å². The number of pyridine rings is 1. The third-order valence-electron chi connectivity index (χ3n) is 9.56. The van der Waals surface area contributed by atoms with Crippen molar-refractivity contribution in [1.82, 2.24) is 25.2 Å². The Morgan fingerprint density at radius 2 is 1.77 bits per heavy atom. The quantitative estimate of drug-likeness (QED) is 0.343. The fraction of sp³-hybridized carbons (Fsp3) is 0.452. The van der Waals surface area contributed by atoms with E-state index in [2.05, 4.69) is 20.1 Å². The highest BCUT2D eigenvalue weighted by molar-refractivity contribution is 6.35. The molecule has 7 nitrogen and oxygen atoms in total. The molecule has 4 aliphatic rings. The normalized spacial score (nSPS) is 23.8. The highest BCUT2D eigenvalue weighted by Crippen LogP contribution is 2.41. The highest BCUT2D eigenvalue weighted by atomic mass is 35.5. The van der Waals surface area contributed by atoms with Gasteiger partial charge in [0.2, 0.25) is 0 Å². The van der Waals surface area contributed by atoms with E-state index in [4.69, 9.17) is 26.3 Å². The molecule has 2 aromatic heterocycles. The lowest BCUT2D eigenvalue weighted by molar-refractivity contribution is 0.108. The minimum Gasteiger partial charge on any atom is -0.461 e. The maximum absolute atomic E-state index is 16.6. The van der Waals surface area contributed by atoms with E-state index < -0.39 is 5.82 Å². The molecule has 2 aromatic carbocycles. The summed E-state index contributed by atoms with van der Waals surface area (Å²) in [7, 11) is 0. The first-order chi connectivity index (χ1) is 19.6. The van der Waals surface area contributed by atoms with Crippen LogP contribution in [-0.4, -0.2) is 70.3 Å². The van der Waals surface area contributed by atoms with Crippen molar-refractivity contribution in [2.75, 3.05) is 37.7 Å². The molecule has 0 saturated carbocycles. The van der Waals surface area contributed by atoms with Crippen molar-refractivity contribution in [1.29, 1.82) is 0 Å². The zero-order valence-corrected chi connectivity index (χ0v) is 23.1. The van der Waals surface area contributed by atoms with Crippen molar-refractivity contribution < 1.29 is 9.13 Å². The molecule has 4 fully saturated rings.